The highest BCUT2D eigenvalue weighted by atomic mass is 35.5. The molecule has 1 aliphatic rings. The fourth-order valence-electron chi connectivity index (χ4n) is 3.83. The van der Waals surface area contributed by atoms with Crippen molar-refractivity contribution in [3.05, 3.63) is 112 Å². The summed E-state index contributed by atoms with van der Waals surface area (Å²) in [6, 6.07) is 27.2. The monoisotopic (exact) mass is 444 g/mol. The van der Waals surface area contributed by atoms with Gasteiger partial charge >= 0.3 is 0 Å². The molecule has 0 radical (unpaired) electrons. The van der Waals surface area contributed by atoms with Crippen LogP contribution in [0.3, 0.4) is 0 Å². The molecule has 0 saturated carbocycles. The van der Waals surface area contributed by atoms with Crippen molar-refractivity contribution in [3.63, 3.8) is 0 Å². The van der Waals surface area contributed by atoms with E-state index in [1.807, 2.05) is 77.7 Å². The van der Waals surface area contributed by atoms with Crippen LogP contribution in [0.5, 0.6) is 0 Å². The van der Waals surface area contributed by atoms with Crippen LogP contribution in [-0.4, -0.2) is 16.7 Å². The first-order chi connectivity index (χ1) is 15.5. The van der Waals surface area contributed by atoms with Gasteiger partial charge in [0.15, 0.2) is 0 Å². The summed E-state index contributed by atoms with van der Waals surface area (Å²) in [5, 5.41) is -0.0465. The Morgan fingerprint density at radius 2 is 1.25 bits per heavy atom. The molecular formula is C27H25ClN2O2. The Hall–Kier alpha value is -3.37. The molecule has 0 saturated heterocycles. The molecule has 4 rings (SSSR count). The Balaban J connectivity index is 1.68. The fourth-order valence-corrected chi connectivity index (χ4v) is 4.11. The van der Waals surface area contributed by atoms with Gasteiger partial charge in [-0.25, -0.2) is 4.90 Å². The van der Waals surface area contributed by atoms with Crippen LogP contribution in [-0.2, 0) is 22.7 Å². The van der Waals surface area contributed by atoms with Crippen molar-refractivity contribution in [2.75, 3.05) is 4.90 Å². The van der Waals surface area contributed by atoms with E-state index < -0.39 is 11.8 Å². The van der Waals surface area contributed by atoms with E-state index in [0.717, 1.165) is 16.7 Å². The first-order valence-corrected chi connectivity index (χ1v) is 11.0. The van der Waals surface area contributed by atoms with Crippen LogP contribution in [0.2, 0.25) is 0 Å². The summed E-state index contributed by atoms with van der Waals surface area (Å²) in [7, 11) is 0. The second-order valence-electron chi connectivity index (χ2n) is 8.18. The molecule has 5 heteroatoms. The van der Waals surface area contributed by atoms with Crippen molar-refractivity contribution in [1.29, 1.82) is 0 Å². The predicted octanol–water partition coefficient (Wildman–Crippen LogP) is 5.84. The van der Waals surface area contributed by atoms with Crippen LogP contribution < -0.4 is 4.90 Å². The SMILES string of the molecule is CC(C)c1ccc(N2C(=O)C(Cl)=C(N(Cc3ccccc3)Cc3ccccc3)C2=O)cc1. The zero-order chi connectivity index (χ0) is 22.7. The number of imide groups is 1. The van der Waals surface area contributed by atoms with E-state index >= 15 is 0 Å². The molecule has 3 aromatic rings. The lowest BCUT2D eigenvalue weighted by Gasteiger charge is -2.26. The Morgan fingerprint density at radius 3 is 1.72 bits per heavy atom. The van der Waals surface area contributed by atoms with E-state index in [1.165, 1.54) is 4.90 Å². The molecule has 0 unspecified atom stereocenters. The summed E-state index contributed by atoms with van der Waals surface area (Å²) in [6.45, 7) is 5.12. The minimum absolute atomic E-state index is 0.0465. The third-order valence-electron chi connectivity index (χ3n) is 5.57. The number of hydrogen-bond acceptors (Lipinski definition) is 3. The van der Waals surface area contributed by atoms with Crippen LogP contribution >= 0.6 is 11.6 Å². The molecule has 32 heavy (non-hydrogen) atoms. The lowest BCUT2D eigenvalue weighted by molar-refractivity contribution is -0.121. The smallest absolute Gasteiger partial charge is 0.283 e. The van der Waals surface area contributed by atoms with Crippen molar-refractivity contribution < 1.29 is 9.59 Å². The molecule has 2 amide bonds. The quantitative estimate of drug-likeness (QED) is 0.430. The third-order valence-corrected chi connectivity index (χ3v) is 5.91. The summed E-state index contributed by atoms with van der Waals surface area (Å²) in [4.78, 5) is 29.6. The molecule has 3 aromatic carbocycles. The van der Waals surface area contributed by atoms with Crippen LogP contribution in [0.4, 0.5) is 5.69 Å². The van der Waals surface area contributed by atoms with E-state index in [0.29, 0.717) is 24.7 Å². The van der Waals surface area contributed by atoms with Crippen LogP contribution in [0, 0.1) is 0 Å². The highest BCUT2D eigenvalue weighted by molar-refractivity contribution is 6.52. The Kier molecular flexibility index (Phi) is 6.42. The van der Waals surface area contributed by atoms with Gasteiger partial charge in [0, 0.05) is 13.1 Å². The molecule has 1 aliphatic heterocycles. The van der Waals surface area contributed by atoms with Crippen LogP contribution in [0.1, 0.15) is 36.5 Å². The molecule has 0 atom stereocenters. The number of hydrogen-bond donors (Lipinski definition) is 0. The van der Waals surface area contributed by atoms with Gasteiger partial charge in [0.2, 0.25) is 0 Å². The summed E-state index contributed by atoms with van der Waals surface area (Å²) in [5.41, 5.74) is 3.96. The first-order valence-electron chi connectivity index (χ1n) is 10.7. The van der Waals surface area contributed by atoms with Gasteiger partial charge in [-0.1, -0.05) is 98.2 Å². The van der Waals surface area contributed by atoms with Gasteiger partial charge in [0.25, 0.3) is 11.8 Å². The normalized spacial score (nSPS) is 13.9. The third kappa shape index (κ3) is 4.46. The van der Waals surface area contributed by atoms with Gasteiger partial charge in [0.1, 0.15) is 10.7 Å². The minimum atomic E-state index is -0.491. The second-order valence-corrected chi connectivity index (χ2v) is 8.56. The standard InChI is InChI=1S/C27H25ClN2O2/c1-19(2)22-13-15-23(16-14-22)30-26(31)24(28)25(27(30)32)29(17-20-9-5-3-6-10-20)18-21-11-7-4-8-12-21/h3-16,19H,17-18H2,1-2H3. The molecule has 0 N–H and O–H groups in total. The lowest BCUT2D eigenvalue weighted by atomic mass is 10.0. The van der Waals surface area contributed by atoms with E-state index in [2.05, 4.69) is 13.8 Å². The van der Waals surface area contributed by atoms with Crippen molar-refractivity contribution >= 4 is 29.1 Å². The summed E-state index contributed by atoms with van der Waals surface area (Å²) in [6.07, 6.45) is 0. The molecule has 4 nitrogen and oxygen atoms in total. The minimum Gasteiger partial charge on any atom is -0.357 e. The maximum Gasteiger partial charge on any atom is 0.283 e. The number of anilines is 1. The van der Waals surface area contributed by atoms with Gasteiger partial charge in [0.05, 0.1) is 5.69 Å². The summed E-state index contributed by atoms with van der Waals surface area (Å²) >= 11 is 6.50. The maximum absolute atomic E-state index is 13.5. The zero-order valence-electron chi connectivity index (χ0n) is 18.2. The first kappa shape index (κ1) is 21.8. The molecule has 0 aliphatic carbocycles. The average Bonchev–Trinajstić information content (AvgIpc) is 3.03. The number of carbonyl (C=O) groups is 2. The Labute approximate surface area is 193 Å². The van der Waals surface area contributed by atoms with E-state index in [1.54, 1.807) is 12.1 Å². The Morgan fingerprint density at radius 1 is 0.750 bits per heavy atom. The van der Waals surface area contributed by atoms with Crippen molar-refractivity contribution in [1.82, 2.24) is 4.90 Å². The number of nitrogens with zero attached hydrogens (tertiary/aromatic N) is 2. The van der Waals surface area contributed by atoms with E-state index in [-0.39, 0.29) is 10.7 Å². The number of carbonyl (C=O) groups excluding carboxylic acids is 2. The van der Waals surface area contributed by atoms with Gasteiger partial charge in [-0.2, -0.15) is 0 Å². The molecule has 0 fully saturated rings. The maximum atomic E-state index is 13.5. The van der Waals surface area contributed by atoms with E-state index in [4.69, 9.17) is 11.6 Å². The number of rotatable bonds is 7. The molecule has 0 spiro atoms. The van der Waals surface area contributed by atoms with Gasteiger partial charge in [-0.15, -0.1) is 0 Å². The highest BCUT2D eigenvalue weighted by Gasteiger charge is 2.41. The van der Waals surface area contributed by atoms with Crippen LogP contribution in [0.25, 0.3) is 0 Å². The van der Waals surface area contributed by atoms with Crippen LogP contribution in [0.15, 0.2) is 95.7 Å². The lowest BCUT2D eigenvalue weighted by Crippen LogP contribution is -2.35. The van der Waals surface area contributed by atoms with Crippen molar-refractivity contribution in [3.8, 4) is 0 Å². The highest BCUT2D eigenvalue weighted by Crippen LogP contribution is 2.33. The summed E-state index contributed by atoms with van der Waals surface area (Å²) < 4.78 is 0. The number of amides is 2. The van der Waals surface area contributed by atoms with Crippen molar-refractivity contribution in [2.45, 2.75) is 32.9 Å². The average molecular weight is 445 g/mol. The predicted molar refractivity (Wildman–Crippen MR) is 128 cm³/mol. The van der Waals surface area contributed by atoms with Crippen molar-refractivity contribution in [2.24, 2.45) is 0 Å². The zero-order valence-corrected chi connectivity index (χ0v) is 18.9. The molecular weight excluding hydrogens is 420 g/mol. The molecule has 1 heterocycles. The Bertz CT molecular complexity index is 1100. The number of benzene rings is 3. The van der Waals surface area contributed by atoms with Gasteiger partial charge < -0.3 is 4.90 Å². The second kappa shape index (κ2) is 9.41. The molecule has 0 aromatic heterocycles. The molecule has 162 valence electrons. The number of halogens is 1. The van der Waals surface area contributed by atoms with Gasteiger partial charge in [-0.05, 0) is 34.7 Å². The van der Waals surface area contributed by atoms with Gasteiger partial charge in [-0.3, -0.25) is 9.59 Å². The fraction of sp³-hybridized carbons (Fsp3) is 0.185. The molecule has 0 bridgehead atoms. The topological polar surface area (TPSA) is 40.6 Å². The largest absolute Gasteiger partial charge is 0.357 e. The summed E-state index contributed by atoms with van der Waals surface area (Å²) in [5.74, 6) is -0.530. The van der Waals surface area contributed by atoms with E-state index in [9.17, 15) is 9.59 Å².